The Balaban J connectivity index is 1.60. The Morgan fingerprint density at radius 3 is 1.73 bits per heavy atom. The molecule has 6 aromatic rings. The van der Waals surface area contributed by atoms with Gasteiger partial charge in [-0.3, -0.25) is 0 Å². The van der Waals surface area contributed by atoms with Gasteiger partial charge in [-0.25, -0.2) is 9.59 Å². The second-order valence-corrected chi connectivity index (χ2v) is 10.8. The fourth-order valence-electron chi connectivity index (χ4n) is 5.64. The van der Waals surface area contributed by atoms with E-state index in [1.807, 2.05) is 56.3 Å². The van der Waals surface area contributed by atoms with Gasteiger partial charge in [0, 0.05) is 0 Å². The molecule has 0 aliphatic carbocycles. The average Bonchev–Trinajstić information content (AvgIpc) is 3.06. The Labute approximate surface area is 258 Å². The van der Waals surface area contributed by atoms with Gasteiger partial charge in [0.2, 0.25) is 0 Å². The predicted octanol–water partition coefficient (Wildman–Crippen LogP) is 7.20. The molecule has 2 heterocycles. The van der Waals surface area contributed by atoms with Crippen molar-refractivity contribution < 1.29 is 28.5 Å². The van der Waals surface area contributed by atoms with Crippen molar-refractivity contribution in [2.45, 2.75) is 39.2 Å². The van der Waals surface area contributed by atoms with Crippen molar-refractivity contribution in [3.63, 3.8) is 0 Å². The van der Waals surface area contributed by atoms with Gasteiger partial charge < -0.3 is 28.5 Å². The van der Waals surface area contributed by atoms with Gasteiger partial charge in [0.15, 0.2) is 11.5 Å². The molecule has 0 aliphatic rings. The van der Waals surface area contributed by atoms with Crippen LogP contribution in [-0.4, -0.2) is 17.3 Å². The fraction of sp³-hybridized carbons (Fsp3) is 0.189. The van der Waals surface area contributed by atoms with Crippen LogP contribution in [0.4, 0.5) is 0 Å². The zero-order valence-corrected chi connectivity index (χ0v) is 25.1. The van der Waals surface area contributed by atoms with Gasteiger partial charge in [-0.1, -0.05) is 62.4 Å². The van der Waals surface area contributed by atoms with E-state index in [0.717, 1.165) is 16.7 Å². The molecule has 0 bridgehead atoms. The number of hydrogen-bond donors (Lipinski definition) is 2. The molecule has 8 nitrogen and oxygen atoms in total. The van der Waals surface area contributed by atoms with E-state index in [2.05, 4.69) is 0 Å². The summed E-state index contributed by atoms with van der Waals surface area (Å²) in [5.41, 5.74) is 1.37. The molecule has 0 aliphatic heterocycles. The SMILES string of the molecule is CCc1ccc2oc(=O)c(C(c3ccc(OCc4ccccc4)c(OC)c3)c3c(O)c4cc(CC)ccc4oc3=O)c(O)c2c1. The van der Waals surface area contributed by atoms with Crippen molar-refractivity contribution in [1.82, 2.24) is 0 Å². The normalized spacial score (nSPS) is 11.4. The quantitative estimate of drug-likeness (QED) is 0.166. The average molecular weight is 605 g/mol. The molecule has 2 aromatic heterocycles. The van der Waals surface area contributed by atoms with Crippen LogP contribution in [0.25, 0.3) is 21.9 Å². The van der Waals surface area contributed by atoms with Crippen molar-refractivity contribution in [2.24, 2.45) is 0 Å². The lowest BCUT2D eigenvalue weighted by Crippen LogP contribution is -2.21. The highest BCUT2D eigenvalue weighted by Gasteiger charge is 2.33. The highest BCUT2D eigenvalue weighted by atomic mass is 16.5. The van der Waals surface area contributed by atoms with Gasteiger partial charge in [0.1, 0.15) is 29.3 Å². The Morgan fingerprint density at radius 2 is 1.22 bits per heavy atom. The molecule has 0 amide bonds. The smallest absolute Gasteiger partial charge is 0.344 e. The van der Waals surface area contributed by atoms with Crippen LogP contribution in [0.3, 0.4) is 0 Å². The number of rotatable bonds is 9. The lowest BCUT2D eigenvalue weighted by atomic mass is 9.84. The lowest BCUT2D eigenvalue weighted by Gasteiger charge is -2.21. The van der Waals surface area contributed by atoms with Crippen molar-refractivity contribution in [3.05, 3.63) is 139 Å². The van der Waals surface area contributed by atoms with E-state index in [1.54, 1.807) is 42.5 Å². The number of hydrogen-bond acceptors (Lipinski definition) is 8. The molecular weight excluding hydrogens is 572 g/mol. The number of benzene rings is 4. The van der Waals surface area contributed by atoms with Crippen LogP contribution < -0.4 is 20.7 Å². The third-order valence-corrected chi connectivity index (χ3v) is 8.11. The van der Waals surface area contributed by atoms with Gasteiger partial charge in [0.05, 0.1) is 34.9 Å². The molecule has 0 atom stereocenters. The van der Waals surface area contributed by atoms with Gasteiger partial charge in [-0.2, -0.15) is 0 Å². The summed E-state index contributed by atoms with van der Waals surface area (Å²) in [7, 11) is 1.48. The van der Waals surface area contributed by atoms with Crippen LogP contribution in [0.2, 0.25) is 0 Å². The van der Waals surface area contributed by atoms with Crippen LogP contribution in [0, 0.1) is 0 Å². The maximum absolute atomic E-state index is 13.7. The topological polar surface area (TPSA) is 119 Å². The van der Waals surface area contributed by atoms with Gasteiger partial charge in [-0.15, -0.1) is 0 Å². The molecule has 8 heteroatoms. The van der Waals surface area contributed by atoms with Gasteiger partial charge in [0.25, 0.3) is 0 Å². The van der Waals surface area contributed by atoms with Crippen molar-refractivity contribution >= 4 is 21.9 Å². The second-order valence-electron chi connectivity index (χ2n) is 10.8. The van der Waals surface area contributed by atoms with E-state index in [9.17, 15) is 19.8 Å². The zero-order valence-electron chi connectivity index (χ0n) is 25.1. The maximum Gasteiger partial charge on any atom is 0.344 e. The first kappa shape index (κ1) is 29.6. The highest BCUT2D eigenvalue weighted by molar-refractivity contribution is 5.87. The number of fused-ring (bicyclic) bond motifs is 2. The monoisotopic (exact) mass is 604 g/mol. The summed E-state index contributed by atoms with van der Waals surface area (Å²) in [6, 6.07) is 24.9. The molecule has 0 fully saturated rings. The fourth-order valence-corrected chi connectivity index (χ4v) is 5.64. The third kappa shape index (κ3) is 5.51. The molecule has 228 valence electrons. The van der Waals surface area contributed by atoms with E-state index in [4.69, 9.17) is 18.3 Å². The number of ether oxygens (including phenoxy) is 2. The van der Waals surface area contributed by atoms with Crippen LogP contribution in [0.15, 0.2) is 103 Å². The van der Waals surface area contributed by atoms with Crippen LogP contribution in [0.5, 0.6) is 23.0 Å². The second kappa shape index (κ2) is 12.2. The standard InChI is InChI=1S/C37H32O8/c1-4-21-11-14-27-25(17-21)34(38)32(36(40)44-27)31(33-35(39)26-18-22(5-2)12-15-28(26)45-37(33)41)24-13-16-29(30(19-24)42-3)43-20-23-9-7-6-8-10-23/h6-19,31,38-39H,4-5,20H2,1-3H3. The molecule has 0 spiro atoms. The predicted molar refractivity (Wildman–Crippen MR) is 172 cm³/mol. The summed E-state index contributed by atoms with van der Waals surface area (Å²) < 4.78 is 23.1. The van der Waals surface area contributed by atoms with Crippen LogP contribution in [-0.2, 0) is 19.4 Å². The largest absolute Gasteiger partial charge is 0.507 e. The number of aromatic hydroxyl groups is 2. The Kier molecular flexibility index (Phi) is 8.04. The molecular formula is C37H32O8. The number of aryl methyl sites for hydroxylation is 2. The Morgan fingerprint density at radius 1 is 0.667 bits per heavy atom. The minimum atomic E-state index is -1.29. The first-order valence-electron chi connectivity index (χ1n) is 14.7. The molecule has 0 unspecified atom stereocenters. The Hall–Kier alpha value is -5.50. The molecule has 4 aromatic carbocycles. The summed E-state index contributed by atoms with van der Waals surface area (Å²) in [6.07, 6.45) is 1.37. The zero-order chi connectivity index (χ0) is 31.7. The van der Waals surface area contributed by atoms with Crippen molar-refractivity contribution in [1.29, 1.82) is 0 Å². The van der Waals surface area contributed by atoms with Crippen LogP contribution >= 0.6 is 0 Å². The molecule has 0 radical (unpaired) electrons. The third-order valence-electron chi connectivity index (χ3n) is 8.11. The maximum atomic E-state index is 13.7. The van der Waals surface area contributed by atoms with Gasteiger partial charge in [-0.05, 0) is 71.5 Å². The van der Waals surface area contributed by atoms with Crippen molar-refractivity contribution in [3.8, 4) is 23.0 Å². The Bertz CT molecular complexity index is 2040. The van der Waals surface area contributed by atoms with Crippen molar-refractivity contribution in [2.75, 3.05) is 7.11 Å². The van der Waals surface area contributed by atoms with E-state index in [0.29, 0.717) is 40.7 Å². The lowest BCUT2D eigenvalue weighted by molar-refractivity contribution is 0.284. The van der Waals surface area contributed by atoms with Crippen LogP contribution in [0.1, 0.15) is 53.1 Å². The summed E-state index contributed by atoms with van der Waals surface area (Å²) in [5, 5.41) is 24.0. The first-order chi connectivity index (χ1) is 21.8. The van der Waals surface area contributed by atoms with E-state index < -0.39 is 17.2 Å². The molecule has 0 saturated heterocycles. The number of methoxy groups -OCH3 is 1. The van der Waals surface area contributed by atoms with Gasteiger partial charge >= 0.3 is 11.3 Å². The summed E-state index contributed by atoms with van der Waals surface area (Å²) >= 11 is 0. The first-order valence-corrected chi connectivity index (χ1v) is 14.7. The van der Waals surface area contributed by atoms with E-state index in [1.165, 1.54) is 7.11 Å². The van der Waals surface area contributed by atoms with E-state index >= 15 is 0 Å². The molecule has 6 rings (SSSR count). The van der Waals surface area contributed by atoms with E-state index in [-0.39, 0.29) is 40.4 Å². The minimum absolute atomic E-state index is 0.196. The summed E-state index contributed by atoms with van der Waals surface area (Å²) in [6.45, 7) is 4.22. The molecule has 2 N–H and O–H groups in total. The molecule has 0 saturated carbocycles. The highest BCUT2D eigenvalue weighted by Crippen LogP contribution is 2.44. The summed E-state index contributed by atoms with van der Waals surface area (Å²) in [4.78, 5) is 27.3. The minimum Gasteiger partial charge on any atom is -0.507 e. The summed E-state index contributed by atoms with van der Waals surface area (Å²) in [5.74, 6) is -1.26. The molecule has 45 heavy (non-hydrogen) atoms.